The van der Waals surface area contributed by atoms with Crippen molar-refractivity contribution < 1.29 is 28.5 Å². The zero-order chi connectivity index (χ0) is 20.7. The minimum absolute atomic E-state index is 0.0786. The van der Waals surface area contributed by atoms with Crippen molar-refractivity contribution in [2.45, 2.75) is 12.8 Å². The van der Waals surface area contributed by atoms with Gasteiger partial charge in [0.05, 0.1) is 26.4 Å². The van der Waals surface area contributed by atoms with Crippen LogP contribution in [0.3, 0.4) is 0 Å². The molecule has 0 amide bonds. The standard InChI is InChI=1S/C20H20Cl2O6/c1-25-17-8-12(9-18(26-2)20(17)27-3)4-7-19(24)28-11-16(23)14-10-13(21)5-6-15(14)22/h5-6,8-10H,4,7,11H2,1-3H3. The molecule has 0 atom stereocenters. The summed E-state index contributed by atoms with van der Waals surface area (Å²) in [5.74, 6) is 0.529. The van der Waals surface area contributed by atoms with Crippen molar-refractivity contribution >= 4 is 35.0 Å². The van der Waals surface area contributed by atoms with E-state index >= 15 is 0 Å². The van der Waals surface area contributed by atoms with Gasteiger partial charge in [-0.2, -0.15) is 0 Å². The molecule has 2 aromatic rings. The first-order valence-corrected chi connectivity index (χ1v) is 9.08. The summed E-state index contributed by atoms with van der Waals surface area (Å²) in [7, 11) is 4.55. The van der Waals surface area contributed by atoms with Gasteiger partial charge in [0.1, 0.15) is 0 Å². The van der Waals surface area contributed by atoms with Crippen LogP contribution in [0.1, 0.15) is 22.3 Å². The molecule has 8 heteroatoms. The molecule has 0 bridgehead atoms. The predicted molar refractivity (Wildman–Crippen MR) is 106 cm³/mol. The van der Waals surface area contributed by atoms with Gasteiger partial charge in [-0.1, -0.05) is 23.2 Å². The molecule has 0 radical (unpaired) electrons. The highest BCUT2D eigenvalue weighted by molar-refractivity contribution is 6.36. The van der Waals surface area contributed by atoms with Crippen LogP contribution in [0, 0.1) is 0 Å². The van der Waals surface area contributed by atoms with Crippen LogP contribution in [-0.4, -0.2) is 39.7 Å². The summed E-state index contributed by atoms with van der Waals surface area (Å²) in [6.45, 7) is -0.409. The molecular weight excluding hydrogens is 407 g/mol. The van der Waals surface area contributed by atoms with Gasteiger partial charge in [0, 0.05) is 17.0 Å². The van der Waals surface area contributed by atoms with Gasteiger partial charge in [-0.15, -0.1) is 0 Å². The maximum absolute atomic E-state index is 12.2. The van der Waals surface area contributed by atoms with Gasteiger partial charge in [-0.05, 0) is 42.3 Å². The van der Waals surface area contributed by atoms with Crippen molar-refractivity contribution in [3.63, 3.8) is 0 Å². The Balaban J connectivity index is 1.95. The fraction of sp³-hybridized carbons (Fsp3) is 0.300. The molecule has 6 nitrogen and oxygen atoms in total. The van der Waals surface area contributed by atoms with Gasteiger partial charge in [-0.25, -0.2) is 0 Å². The van der Waals surface area contributed by atoms with E-state index in [1.165, 1.54) is 33.5 Å². The van der Waals surface area contributed by atoms with Crippen LogP contribution in [-0.2, 0) is 16.0 Å². The maximum atomic E-state index is 12.2. The van der Waals surface area contributed by atoms with Crippen LogP contribution in [0.5, 0.6) is 17.2 Å². The molecule has 0 saturated carbocycles. The first-order chi connectivity index (χ1) is 13.4. The number of aryl methyl sites for hydroxylation is 1. The van der Waals surface area contributed by atoms with E-state index in [2.05, 4.69) is 0 Å². The highest BCUT2D eigenvalue weighted by Crippen LogP contribution is 2.38. The van der Waals surface area contributed by atoms with Crippen LogP contribution < -0.4 is 14.2 Å². The first-order valence-electron chi connectivity index (χ1n) is 8.32. The topological polar surface area (TPSA) is 71.1 Å². The predicted octanol–water partition coefficient (Wildman–Crippen LogP) is 4.38. The highest BCUT2D eigenvalue weighted by atomic mass is 35.5. The third-order valence-electron chi connectivity index (χ3n) is 3.94. The molecule has 150 valence electrons. The number of methoxy groups -OCH3 is 3. The monoisotopic (exact) mass is 426 g/mol. The molecule has 0 fully saturated rings. The van der Waals surface area contributed by atoms with Crippen molar-refractivity contribution in [2.24, 2.45) is 0 Å². The lowest BCUT2D eigenvalue weighted by molar-refractivity contribution is -0.142. The Bertz CT molecular complexity index is 841. The van der Waals surface area contributed by atoms with E-state index < -0.39 is 18.4 Å². The summed E-state index contributed by atoms with van der Waals surface area (Å²) < 4.78 is 20.9. The Morgan fingerprint density at radius 2 is 1.57 bits per heavy atom. The summed E-state index contributed by atoms with van der Waals surface area (Å²) in [6, 6.07) is 8.04. The Morgan fingerprint density at radius 1 is 0.929 bits per heavy atom. The number of Topliss-reactive ketones (excluding diaryl/α,β-unsaturated/α-hetero) is 1. The number of esters is 1. The molecule has 2 rings (SSSR count). The highest BCUT2D eigenvalue weighted by Gasteiger charge is 2.16. The number of hydrogen-bond acceptors (Lipinski definition) is 6. The molecule has 2 aromatic carbocycles. The molecule has 0 unspecified atom stereocenters. The Kier molecular flexibility index (Phi) is 7.96. The SMILES string of the molecule is COc1cc(CCC(=O)OCC(=O)c2cc(Cl)ccc2Cl)cc(OC)c1OC. The van der Waals surface area contributed by atoms with Crippen LogP contribution in [0.15, 0.2) is 30.3 Å². The van der Waals surface area contributed by atoms with Crippen LogP contribution in [0.25, 0.3) is 0 Å². The van der Waals surface area contributed by atoms with Gasteiger partial charge in [0.15, 0.2) is 18.1 Å². The molecule has 0 spiro atoms. The third-order valence-corrected chi connectivity index (χ3v) is 4.50. The number of hydrogen-bond donors (Lipinski definition) is 0. The van der Waals surface area contributed by atoms with E-state index in [-0.39, 0.29) is 17.0 Å². The van der Waals surface area contributed by atoms with Gasteiger partial charge in [-0.3, -0.25) is 9.59 Å². The van der Waals surface area contributed by atoms with Crippen molar-refractivity contribution in [2.75, 3.05) is 27.9 Å². The smallest absolute Gasteiger partial charge is 0.306 e. The summed E-state index contributed by atoms with van der Waals surface area (Å²) in [6.07, 6.45) is 0.455. The number of ketones is 1. The summed E-state index contributed by atoms with van der Waals surface area (Å²) in [4.78, 5) is 24.2. The number of ether oxygens (including phenoxy) is 4. The Labute approximate surface area is 173 Å². The lowest BCUT2D eigenvalue weighted by Gasteiger charge is -2.14. The number of rotatable bonds is 9. The molecule has 0 N–H and O–H groups in total. The van der Waals surface area contributed by atoms with Gasteiger partial charge in [0.25, 0.3) is 0 Å². The second-order valence-electron chi connectivity index (χ2n) is 5.74. The van der Waals surface area contributed by atoms with Gasteiger partial charge < -0.3 is 18.9 Å². The fourth-order valence-electron chi connectivity index (χ4n) is 2.53. The molecule has 0 aromatic heterocycles. The molecule has 0 saturated heterocycles. The molecule has 0 aliphatic carbocycles. The first kappa shape index (κ1) is 21.9. The number of carbonyl (C=O) groups excluding carboxylic acids is 2. The average molecular weight is 427 g/mol. The van der Waals surface area contributed by atoms with E-state index in [0.29, 0.717) is 28.7 Å². The van der Waals surface area contributed by atoms with E-state index in [0.717, 1.165) is 5.56 Å². The average Bonchev–Trinajstić information content (AvgIpc) is 2.71. The molecule has 0 aliphatic heterocycles. The largest absolute Gasteiger partial charge is 0.493 e. The molecule has 0 aliphatic rings. The van der Waals surface area contributed by atoms with Crippen molar-refractivity contribution in [1.82, 2.24) is 0 Å². The van der Waals surface area contributed by atoms with Crippen LogP contribution in [0.2, 0.25) is 10.0 Å². The van der Waals surface area contributed by atoms with Gasteiger partial charge >= 0.3 is 5.97 Å². The molecule has 0 heterocycles. The quantitative estimate of drug-likeness (QED) is 0.437. The maximum Gasteiger partial charge on any atom is 0.306 e. The third kappa shape index (κ3) is 5.53. The molecular formula is C20H20Cl2O6. The normalized spacial score (nSPS) is 10.3. The fourth-order valence-corrected chi connectivity index (χ4v) is 2.93. The summed E-state index contributed by atoms with van der Waals surface area (Å²) in [5, 5.41) is 0.629. The number of halogens is 2. The Hall–Kier alpha value is -2.44. The number of carbonyl (C=O) groups is 2. The summed E-state index contributed by atoms with van der Waals surface area (Å²) >= 11 is 11.8. The van der Waals surface area contributed by atoms with Gasteiger partial charge in [0.2, 0.25) is 11.5 Å². The van der Waals surface area contributed by atoms with E-state index in [4.69, 9.17) is 42.1 Å². The lowest BCUT2D eigenvalue weighted by atomic mass is 10.1. The minimum Gasteiger partial charge on any atom is -0.493 e. The van der Waals surface area contributed by atoms with E-state index in [9.17, 15) is 9.59 Å². The van der Waals surface area contributed by atoms with Crippen molar-refractivity contribution in [1.29, 1.82) is 0 Å². The minimum atomic E-state index is -0.514. The van der Waals surface area contributed by atoms with E-state index in [1.807, 2.05) is 0 Å². The second kappa shape index (κ2) is 10.2. The van der Waals surface area contributed by atoms with Crippen LogP contribution >= 0.6 is 23.2 Å². The molecule has 28 heavy (non-hydrogen) atoms. The Morgan fingerprint density at radius 3 is 2.14 bits per heavy atom. The van der Waals surface area contributed by atoms with E-state index in [1.54, 1.807) is 18.2 Å². The van der Waals surface area contributed by atoms with Crippen LogP contribution in [0.4, 0.5) is 0 Å². The zero-order valence-electron chi connectivity index (χ0n) is 15.7. The zero-order valence-corrected chi connectivity index (χ0v) is 17.2. The van der Waals surface area contributed by atoms with Crippen molar-refractivity contribution in [3.8, 4) is 17.2 Å². The summed E-state index contributed by atoms with van der Waals surface area (Å²) in [5.41, 5.74) is 1.02. The van der Waals surface area contributed by atoms with Crippen molar-refractivity contribution in [3.05, 3.63) is 51.5 Å². The second-order valence-corrected chi connectivity index (χ2v) is 6.59. The lowest BCUT2D eigenvalue weighted by Crippen LogP contribution is -2.15. The number of benzene rings is 2.